The molecule has 0 aromatic heterocycles. The molecule has 4 rings (SSSR count). The van der Waals surface area contributed by atoms with Crippen LogP contribution in [0, 0.1) is 5.92 Å². The summed E-state index contributed by atoms with van der Waals surface area (Å²) < 4.78 is 5.72. The molecular formula is C26H30N2O5. The predicted molar refractivity (Wildman–Crippen MR) is 124 cm³/mol. The summed E-state index contributed by atoms with van der Waals surface area (Å²) >= 11 is 0. The van der Waals surface area contributed by atoms with Gasteiger partial charge in [0.1, 0.15) is 18.7 Å². The Hall–Kier alpha value is -3.35. The fourth-order valence-corrected chi connectivity index (χ4v) is 5.16. The lowest BCUT2D eigenvalue weighted by Crippen LogP contribution is -2.54. The number of carboxylic acid groups (broad SMARTS) is 1. The summed E-state index contributed by atoms with van der Waals surface area (Å²) in [5.74, 6) is -1.62. The van der Waals surface area contributed by atoms with Gasteiger partial charge in [-0.25, -0.2) is 9.59 Å². The molecule has 7 heteroatoms. The molecular weight excluding hydrogens is 420 g/mol. The maximum Gasteiger partial charge on any atom is 0.410 e. The van der Waals surface area contributed by atoms with Gasteiger partial charge in [-0.1, -0.05) is 62.4 Å². The molecule has 1 unspecified atom stereocenters. The monoisotopic (exact) mass is 450 g/mol. The highest BCUT2D eigenvalue weighted by Gasteiger charge is 2.41. The van der Waals surface area contributed by atoms with E-state index in [0.717, 1.165) is 22.3 Å². The summed E-state index contributed by atoms with van der Waals surface area (Å²) in [7, 11) is 1.55. The van der Waals surface area contributed by atoms with Crippen molar-refractivity contribution in [2.75, 3.05) is 20.2 Å². The van der Waals surface area contributed by atoms with E-state index in [1.54, 1.807) is 7.05 Å². The van der Waals surface area contributed by atoms with Gasteiger partial charge in [0.15, 0.2) is 0 Å². The fraction of sp³-hybridized carbons (Fsp3) is 0.423. The van der Waals surface area contributed by atoms with Crippen LogP contribution in [0.15, 0.2) is 48.5 Å². The first kappa shape index (κ1) is 22.8. The lowest BCUT2D eigenvalue weighted by molar-refractivity contribution is -0.150. The fourth-order valence-electron chi connectivity index (χ4n) is 5.16. The third-order valence-electron chi connectivity index (χ3n) is 6.75. The number of fused-ring (bicyclic) bond motifs is 3. The number of rotatable bonds is 6. The van der Waals surface area contributed by atoms with Crippen LogP contribution in [0.2, 0.25) is 0 Å². The standard InChI is InChI=1S/C26H30N2O5/c1-16(2)23(24(29)28-14-8-13-22(28)25(30)31)27(3)26(32)33-15-21-19-11-6-4-9-17(19)18-10-5-7-12-20(18)21/h4-7,9-12,16,21-23H,8,13-15H2,1-3H3,(H,30,31)/t22-,23?/m0/s1. The summed E-state index contributed by atoms with van der Waals surface area (Å²) in [4.78, 5) is 40.5. The average Bonchev–Trinajstić information content (AvgIpc) is 3.41. The molecule has 7 nitrogen and oxygen atoms in total. The third kappa shape index (κ3) is 4.19. The van der Waals surface area contributed by atoms with E-state index in [4.69, 9.17) is 4.74 Å². The molecule has 0 saturated carbocycles. The van der Waals surface area contributed by atoms with Crippen molar-refractivity contribution in [3.63, 3.8) is 0 Å². The zero-order valence-electron chi connectivity index (χ0n) is 19.2. The van der Waals surface area contributed by atoms with Crippen LogP contribution in [0.5, 0.6) is 0 Å². The molecule has 1 N–H and O–H groups in total. The summed E-state index contributed by atoms with van der Waals surface area (Å²) in [6.45, 7) is 4.25. The van der Waals surface area contributed by atoms with Crippen LogP contribution in [0.4, 0.5) is 4.79 Å². The number of likely N-dealkylation sites (N-methyl/N-ethyl adjacent to an activating group) is 1. The van der Waals surface area contributed by atoms with Crippen LogP contribution < -0.4 is 0 Å². The number of carbonyl (C=O) groups excluding carboxylic acids is 2. The average molecular weight is 451 g/mol. The van der Waals surface area contributed by atoms with Gasteiger partial charge >= 0.3 is 12.1 Å². The zero-order chi connectivity index (χ0) is 23.7. The molecule has 0 bridgehead atoms. The number of amides is 2. The van der Waals surface area contributed by atoms with Crippen LogP contribution in [-0.2, 0) is 14.3 Å². The quantitative estimate of drug-likeness (QED) is 0.720. The molecule has 2 aliphatic rings. The van der Waals surface area contributed by atoms with Crippen molar-refractivity contribution in [3.8, 4) is 11.1 Å². The number of nitrogens with zero attached hydrogens (tertiary/aromatic N) is 2. The number of hydrogen-bond donors (Lipinski definition) is 1. The third-order valence-corrected chi connectivity index (χ3v) is 6.75. The summed E-state index contributed by atoms with van der Waals surface area (Å²) in [6, 6.07) is 14.6. The normalized spacial score (nSPS) is 18.1. The Kier molecular flexibility index (Phi) is 6.40. The van der Waals surface area contributed by atoms with Gasteiger partial charge in [-0.15, -0.1) is 0 Å². The van der Waals surface area contributed by atoms with Gasteiger partial charge in [-0.05, 0) is 41.0 Å². The number of carboxylic acids is 1. The number of likely N-dealkylation sites (tertiary alicyclic amines) is 1. The molecule has 0 spiro atoms. The Morgan fingerprint density at radius 3 is 2.18 bits per heavy atom. The van der Waals surface area contributed by atoms with E-state index >= 15 is 0 Å². The van der Waals surface area contributed by atoms with Gasteiger partial charge in [0.25, 0.3) is 0 Å². The molecule has 1 aliphatic heterocycles. The van der Waals surface area contributed by atoms with Crippen LogP contribution in [0.25, 0.3) is 11.1 Å². The van der Waals surface area contributed by atoms with Crippen molar-refractivity contribution in [1.29, 1.82) is 0 Å². The Morgan fingerprint density at radius 1 is 1.06 bits per heavy atom. The highest BCUT2D eigenvalue weighted by atomic mass is 16.6. The van der Waals surface area contributed by atoms with Gasteiger partial charge in [0.2, 0.25) is 5.91 Å². The maximum absolute atomic E-state index is 13.2. The molecule has 1 aliphatic carbocycles. The van der Waals surface area contributed by atoms with Crippen molar-refractivity contribution >= 4 is 18.0 Å². The second-order valence-corrected chi connectivity index (χ2v) is 9.13. The number of benzene rings is 2. The van der Waals surface area contributed by atoms with Crippen LogP contribution in [-0.4, -0.2) is 65.2 Å². The number of ether oxygens (including phenoxy) is 1. The molecule has 33 heavy (non-hydrogen) atoms. The molecule has 174 valence electrons. The largest absolute Gasteiger partial charge is 0.480 e. The van der Waals surface area contributed by atoms with Crippen molar-refractivity contribution < 1.29 is 24.2 Å². The van der Waals surface area contributed by atoms with E-state index in [9.17, 15) is 19.5 Å². The van der Waals surface area contributed by atoms with Gasteiger partial charge in [-0.2, -0.15) is 0 Å². The predicted octanol–water partition coefficient (Wildman–Crippen LogP) is 3.97. The lowest BCUT2D eigenvalue weighted by Gasteiger charge is -2.34. The van der Waals surface area contributed by atoms with Gasteiger partial charge in [-0.3, -0.25) is 9.69 Å². The van der Waals surface area contributed by atoms with Gasteiger partial charge in [0, 0.05) is 19.5 Å². The van der Waals surface area contributed by atoms with Crippen LogP contribution >= 0.6 is 0 Å². The Morgan fingerprint density at radius 2 is 1.64 bits per heavy atom. The molecule has 2 aromatic carbocycles. The van der Waals surface area contributed by atoms with E-state index < -0.39 is 24.1 Å². The van der Waals surface area contributed by atoms with Crippen molar-refractivity contribution in [1.82, 2.24) is 9.80 Å². The minimum Gasteiger partial charge on any atom is -0.480 e. The maximum atomic E-state index is 13.2. The van der Waals surface area contributed by atoms with Gasteiger partial charge < -0.3 is 14.7 Å². The molecule has 1 heterocycles. The van der Waals surface area contributed by atoms with E-state index in [2.05, 4.69) is 24.3 Å². The lowest BCUT2D eigenvalue weighted by atomic mass is 9.98. The zero-order valence-corrected chi connectivity index (χ0v) is 19.2. The molecule has 0 radical (unpaired) electrons. The second kappa shape index (κ2) is 9.25. The number of hydrogen-bond acceptors (Lipinski definition) is 4. The number of carbonyl (C=O) groups is 3. The van der Waals surface area contributed by atoms with Crippen LogP contribution in [0.1, 0.15) is 43.7 Å². The first-order chi connectivity index (χ1) is 15.8. The molecule has 1 saturated heterocycles. The van der Waals surface area contributed by atoms with E-state index in [0.29, 0.717) is 19.4 Å². The highest BCUT2D eigenvalue weighted by Crippen LogP contribution is 2.44. The first-order valence-electron chi connectivity index (χ1n) is 11.4. The van der Waals surface area contributed by atoms with Crippen molar-refractivity contribution in [3.05, 3.63) is 59.7 Å². The first-order valence-corrected chi connectivity index (χ1v) is 11.4. The summed E-state index contributed by atoms with van der Waals surface area (Å²) in [5, 5.41) is 9.47. The molecule has 2 atom stereocenters. The minimum atomic E-state index is -1.01. The Balaban J connectivity index is 1.49. The second-order valence-electron chi connectivity index (χ2n) is 9.13. The van der Waals surface area contributed by atoms with Gasteiger partial charge in [0.05, 0.1) is 0 Å². The van der Waals surface area contributed by atoms with E-state index in [1.807, 2.05) is 38.1 Å². The molecule has 2 aromatic rings. The van der Waals surface area contributed by atoms with Crippen molar-refractivity contribution in [2.45, 2.75) is 44.7 Å². The Labute approximate surface area is 193 Å². The summed E-state index contributed by atoms with van der Waals surface area (Å²) in [6.07, 6.45) is 0.484. The molecule has 2 amide bonds. The summed E-state index contributed by atoms with van der Waals surface area (Å²) in [5.41, 5.74) is 4.52. The van der Waals surface area contributed by atoms with E-state index in [-0.39, 0.29) is 24.3 Å². The SMILES string of the molecule is CC(C)C(C(=O)N1CCC[C@H]1C(=O)O)N(C)C(=O)OCC1c2ccccc2-c2ccccc21. The Bertz CT molecular complexity index is 1020. The van der Waals surface area contributed by atoms with Crippen LogP contribution in [0.3, 0.4) is 0 Å². The smallest absolute Gasteiger partial charge is 0.410 e. The van der Waals surface area contributed by atoms with E-state index in [1.165, 1.54) is 9.80 Å². The highest BCUT2D eigenvalue weighted by molar-refractivity contribution is 5.90. The number of aliphatic carboxylic acids is 1. The minimum absolute atomic E-state index is 0.0714. The topological polar surface area (TPSA) is 87.2 Å². The van der Waals surface area contributed by atoms with Crippen molar-refractivity contribution in [2.24, 2.45) is 5.92 Å². The molecule has 1 fully saturated rings.